The first-order chi connectivity index (χ1) is 14.9. The minimum Gasteiger partial charge on any atom is -0.481 e. The Balaban J connectivity index is 5.47. The van der Waals surface area contributed by atoms with Gasteiger partial charge in [-0.05, 0) is 26.2 Å². The van der Waals surface area contributed by atoms with E-state index in [-0.39, 0.29) is 37.5 Å². The molecule has 11 N–H and O–H groups in total. The molecule has 0 spiro atoms. The van der Waals surface area contributed by atoms with Crippen molar-refractivity contribution in [3.63, 3.8) is 0 Å². The second-order valence-corrected chi connectivity index (χ2v) is 7.24. The van der Waals surface area contributed by atoms with E-state index in [9.17, 15) is 24.0 Å². The lowest BCUT2D eigenvalue weighted by Gasteiger charge is -2.24. The van der Waals surface area contributed by atoms with Crippen molar-refractivity contribution in [3.8, 4) is 0 Å². The van der Waals surface area contributed by atoms with Crippen molar-refractivity contribution in [1.82, 2.24) is 16.0 Å². The normalized spacial score (nSPS) is 14.2. The smallest absolute Gasteiger partial charge is 0.327 e. The Morgan fingerprint density at radius 3 is 1.84 bits per heavy atom. The highest BCUT2D eigenvalue weighted by Gasteiger charge is 2.29. The number of carbonyl (C=O) groups is 5. The standard InChI is InChI=1S/C17H31N7O7S/c1-8(18)13(27)22-10(4-5-12(25)26)15(29)23-9(3-2-6-21-17(19)20)14(28)24-11(7-32)16(30)31/h8-11,32H,2-7,18H2,1H3,(H,22,27)(H,23,29)(H,24,28)(H,25,26)(H,30,31)(H4,19,20,21). The minimum absolute atomic E-state index is 0.0279. The summed E-state index contributed by atoms with van der Waals surface area (Å²) in [6.07, 6.45) is -0.406. The number of hydrogen-bond donors (Lipinski definition) is 9. The largest absolute Gasteiger partial charge is 0.481 e. The zero-order valence-corrected chi connectivity index (χ0v) is 18.5. The molecule has 0 saturated heterocycles. The molecular weight excluding hydrogens is 446 g/mol. The number of nitrogens with one attached hydrogen (secondary N) is 3. The van der Waals surface area contributed by atoms with Crippen molar-refractivity contribution >= 4 is 48.2 Å². The van der Waals surface area contributed by atoms with Gasteiger partial charge in [-0.15, -0.1) is 0 Å². The van der Waals surface area contributed by atoms with Crippen molar-refractivity contribution in [2.75, 3.05) is 12.3 Å². The highest BCUT2D eigenvalue weighted by Crippen LogP contribution is 2.05. The summed E-state index contributed by atoms with van der Waals surface area (Å²) in [4.78, 5) is 63.1. The molecule has 0 saturated carbocycles. The van der Waals surface area contributed by atoms with Crippen LogP contribution >= 0.6 is 12.6 Å². The van der Waals surface area contributed by atoms with E-state index < -0.39 is 60.2 Å². The van der Waals surface area contributed by atoms with Gasteiger partial charge in [-0.25, -0.2) is 4.79 Å². The molecule has 15 heteroatoms. The van der Waals surface area contributed by atoms with Gasteiger partial charge in [-0.2, -0.15) is 12.6 Å². The summed E-state index contributed by atoms with van der Waals surface area (Å²) in [6, 6.07) is -4.75. The monoisotopic (exact) mass is 477 g/mol. The Morgan fingerprint density at radius 2 is 1.41 bits per heavy atom. The number of thiol groups is 1. The quantitative estimate of drug-likeness (QED) is 0.0492. The van der Waals surface area contributed by atoms with Gasteiger partial charge in [0.25, 0.3) is 0 Å². The number of carboxylic acid groups (broad SMARTS) is 2. The topological polar surface area (TPSA) is 252 Å². The number of guanidine groups is 1. The second kappa shape index (κ2) is 14.9. The molecule has 0 fully saturated rings. The third kappa shape index (κ3) is 11.9. The van der Waals surface area contributed by atoms with Crippen LogP contribution in [0.2, 0.25) is 0 Å². The fourth-order valence-corrected chi connectivity index (χ4v) is 2.59. The molecule has 0 rings (SSSR count). The summed E-state index contributed by atoms with van der Waals surface area (Å²) >= 11 is 3.87. The number of hydrogen-bond acceptors (Lipinski definition) is 8. The summed E-state index contributed by atoms with van der Waals surface area (Å²) in [5.41, 5.74) is 16.0. The zero-order chi connectivity index (χ0) is 24.8. The number of aliphatic carboxylic acids is 2. The first-order valence-electron chi connectivity index (χ1n) is 9.66. The van der Waals surface area contributed by atoms with Gasteiger partial charge >= 0.3 is 11.9 Å². The molecule has 0 aromatic carbocycles. The molecular formula is C17H31N7O7S. The number of nitrogens with two attached hydrogens (primary N) is 3. The van der Waals surface area contributed by atoms with Crippen LogP contribution in [-0.4, -0.2) is 82.3 Å². The van der Waals surface area contributed by atoms with E-state index in [1.807, 2.05) is 0 Å². The summed E-state index contributed by atoms with van der Waals surface area (Å²) in [6.45, 7) is 1.52. The first-order valence-corrected chi connectivity index (χ1v) is 10.3. The number of amides is 3. The maximum absolute atomic E-state index is 12.7. The maximum atomic E-state index is 12.7. The number of carbonyl (C=O) groups excluding carboxylic acids is 3. The molecule has 3 amide bonds. The van der Waals surface area contributed by atoms with Crippen molar-refractivity contribution in [2.24, 2.45) is 22.2 Å². The fraction of sp³-hybridized carbons (Fsp3) is 0.647. The van der Waals surface area contributed by atoms with Gasteiger partial charge in [0, 0.05) is 18.7 Å². The molecule has 182 valence electrons. The number of carboxylic acids is 2. The highest BCUT2D eigenvalue weighted by atomic mass is 32.1. The average molecular weight is 478 g/mol. The Morgan fingerprint density at radius 1 is 0.906 bits per heavy atom. The molecule has 0 radical (unpaired) electrons. The molecule has 0 aliphatic heterocycles. The van der Waals surface area contributed by atoms with Gasteiger partial charge in [0.2, 0.25) is 17.7 Å². The molecule has 0 heterocycles. The summed E-state index contributed by atoms with van der Waals surface area (Å²) in [7, 11) is 0. The zero-order valence-electron chi connectivity index (χ0n) is 17.6. The molecule has 4 unspecified atom stereocenters. The van der Waals surface area contributed by atoms with Gasteiger partial charge < -0.3 is 43.4 Å². The Bertz CT molecular complexity index is 713. The molecule has 0 aromatic heterocycles. The molecule has 0 aliphatic carbocycles. The van der Waals surface area contributed by atoms with E-state index in [1.54, 1.807) is 0 Å². The fourth-order valence-electron chi connectivity index (χ4n) is 2.34. The number of aliphatic imine (C=N–C) groups is 1. The molecule has 4 atom stereocenters. The lowest BCUT2D eigenvalue weighted by molar-refractivity contribution is -0.141. The lowest BCUT2D eigenvalue weighted by atomic mass is 10.1. The van der Waals surface area contributed by atoms with Gasteiger partial charge in [0.1, 0.15) is 18.1 Å². The third-order valence-corrected chi connectivity index (χ3v) is 4.43. The van der Waals surface area contributed by atoms with E-state index in [1.165, 1.54) is 6.92 Å². The average Bonchev–Trinajstić information content (AvgIpc) is 2.69. The molecule has 0 bridgehead atoms. The van der Waals surface area contributed by atoms with Crippen LogP contribution in [-0.2, 0) is 24.0 Å². The third-order valence-electron chi connectivity index (χ3n) is 4.07. The van der Waals surface area contributed by atoms with Crippen LogP contribution in [0.4, 0.5) is 0 Å². The summed E-state index contributed by atoms with van der Waals surface area (Å²) in [5, 5.41) is 25.0. The predicted molar refractivity (Wildman–Crippen MR) is 118 cm³/mol. The van der Waals surface area contributed by atoms with Crippen LogP contribution in [0.5, 0.6) is 0 Å². The SMILES string of the molecule is CC(N)C(=O)NC(CCC(=O)O)C(=O)NC(CCCN=C(N)N)C(=O)NC(CS)C(=O)O. The molecule has 14 nitrogen and oxygen atoms in total. The van der Waals surface area contributed by atoms with Crippen molar-refractivity contribution in [2.45, 2.75) is 56.8 Å². The predicted octanol–water partition coefficient (Wildman–Crippen LogP) is -3.28. The summed E-state index contributed by atoms with van der Waals surface area (Å²) in [5.74, 6) is -5.19. The van der Waals surface area contributed by atoms with Gasteiger partial charge in [-0.3, -0.25) is 24.2 Å². The van der Waals surface area contributed by atoms with Gasteiger partial charge in [-0.1, -0.05) is 0 Å². The van der Waals surface area contributed by atoms with E-state index >= 15 is 0 Å². The van der Waals surface area contributed by atoms with Crippen LogP contribution in [0.15, 0.2) is 4.99 Å². The molecule has 0 aliphatic rings. The second-order valence-electron chi connectivity index (χ2n) is 6.87. The van der Waals surface area contributed by atoms with Crippen LogP contribution in [0.3, 0.4) is 0 Å². The van der Waals surface area contributed by atoms with E-state index in [0.717, 1.165) is 0 Å². The van der Waals surface area contributed by atoms with Crippen molar-refractivity contribution in [3.05, 3.63) is 0 Å². The van der Waals surface area contributed by atoms with E-state index in [4.69, 9.17) is 27.4 Å². The van der Waals surface area contributed by atoms with Crippen LogP contribution in [0, 0.1) is 0 Å². The molecule has 0 aromatic rings. The van der Waals surface area contributed by atoms with Crippen molar-refractivity contribution in [1.29, 1.82) is 0 Å². The number of rotatable bonds is 15. The maximum Gasteiger partial charge on any atom is 0.327 e. The Labute approximate surface area is 190 Å². The Kier molecular flexibility index (Phi) is 13.4. The minimum atomic E-state index is -1.32. The van der Waals surface area contributed by atoms with E-state index in [2.05, 4.69) is 33.6 Å². The van der Waals surface area contributed by atoms with Crippen LogP contribution < -0.4 is 33.2 Å². The van der Waals surface area contributed by atoms with Crippen LogP contribution in [0.25, 0.3) is 0 Å². The van der Waals surface area contributed by atoms with E-state index in [0.29, 0.717) is 0 Å². The van der Waals surface area contributed by atoms with Crippen molar-refractivity contribution < 1.29 is 34.2 Å². The molecule has 32 heavy (non-hydrogen) atoms. The first kappa shape index (κ1) is 28.9. The summed E-state index contributed by atoms with van der Waals surface area (Å²) < 4.78 is 0. The van der Waals surface area contributed by atoms with Gasteiger partial charge in [0.15, 0.2) is 5.96 Å². The highest BCUT2D eigenvalue weighted by molar-refractivity contribution is 7.80. The number of nitrogens with zero attached hydrogens (tertiary/aromatic N) is 1. The van der Waals surface area contributed by atoms with Gasteiger partial charge in [0.05, 0.1) is 6.04 Å². The Hall–Kier alpha value is -3.07. The lowest BCUT2D eigenvalue weighted by Crippen LogP contribution is -2.57. The van der Waals surface area contributed by atoms with Crippen LogP contribution in [0.1, 0.15) is 32.6 Å².